The predicted octanol–water partition coefficient (Wildman–Crippen LogP) is 2.14. The van der Waals surface area contributed by atoms with Gasteiger partial charge in [-0.1, -0.05) is 35.0 Å². The molecule has 3 heteroatoms. The number of hydrogen-bond acceptors (Lipinski definition) is 3. The van der Waals surface area contributed by atoms with E-state index in [-0.39, 0.29) is 6.61 Å². The first-order valence-electron chi connectivity index (χ1n) is 4.42. The Bertz CT molecular complexity index is 434. The average molecular weight is 189 g/mol. The third-order valence-electron chi connectivity index (χ3n) is 2.12. The van der Waals surface area contributed by atoms with Gasteiger partial charge in [0.05, 0.1) is 6.61 Å². The van der Waals surface area contributed by atoms with Crippen LogP contribution in [0.25, 0.3) is 11.1 Å². The summed E-state index contributed by atoms with van der Waals surface area (Å²) >= 11 is 0. The van der Waals surface area contributed by atoms with Crippen LogP contribution in [-0.4, -0.2) is 10.3 Å². The molecule has 0 spiro atoms. The van der Waals surface area contributed by atoms with Crippen molar-refractivity contribution < 1.29 is 9.63 Å². The Kier molecular flexibility index (Phi) is 2.33. The summed E-state index contributed by atoms with van der Waals surface area (Å²) in [6.07, 6.45) is 1.56. The van der Waals surface area contributed by atoms with E-state index in [9.17, 15) is 0 Å². The Balaban J connectivity index is 2.49. The molecule has 0 fully saturated rings. The maximum atomic E-state index is 9.02. The van der Waals surface area contributed by atoms with Crippen molar-refractivity contribution >= 4 is 0 Å². The van der Waals surface area contributed by atoms with Crippen LogP contribution < -0.4 is 0 Å². The van der Waals surface area contributed by atoms with Gasteiger partial charge in [-0.25, -0.2) is 0 Å². The van der Waals surface area contributed by atoms with E-state index in [4.69, 9.17) is 9.63 Å². The second kappa shape index (κ2) is 3.64. The minimum absolute atomic E-state index is 0.0974. The number of nitrogens with zero attached hydrogens (tertiary/aromatic N) is 1. The van der Waals surface area contributed by atoms with Crippen molar-refractivity contribution in [2.45, 2.75) is 13.5 Å². The molecule has 0 saturated carbocycles. The molecular weight excluding hydrogens is 178 g/mol. The second-order valence-electron chi connectivity index (χ2n) is 3.20. The van der Waals surface area contributed by atoms with Crippen molar-refractivity contribution in [1.29, 1.82) is 0 Å². The van der Waals surface area contributed by atoms with Gasteiger partial charge in [0.2, 0.25) is 0 Å². The highest BCUT2D eigenvalue weighted by molar-refractivity contribution is 5.65. The monoisotopic (exact) mass is 189 g/mol. The van der Waals surface area contributed by atoms with Gasteiger partial charge in [0, 0.05) is 5.56 Å². The Labute approximate surface area is 82.0 Å². The number of benzene rings is 1. The zero-order valence-corrected chi connectivity index (χ0v) is 7.90. The predicted molar refractivity (Wildman–Crippen MR) is 52.6 cm³/mol. The zero-order chi connectivity index (χ0) is 9.97. The summed E-state index contributed by atoms with van der Waals surface area (Å²) in [5, 5.41) is 12.7. The van der Waals surface area contributed by atoms with Gasteiger partial charge in [-0.05, 0) is 12.5 Å². The third kappa shape index (κ3) is 1.54. The maximum absolute atomic E-state index is 9.02. The molecule has 1 aromatic carbocycles. The highest BCUT2D eigenvalue weighted by atomic mass is 16.5. The lowest BCUT2D eigenvalue weighted by Gasteiger charge is -1.99. The second-order valence-corrected chi connectivity index (χ2v) is 3.20. The van der Waals surface area contributed by atoms with E-state index >= 15 is 0 Å². The SMILES string of the molecule is Cc1cccc(-c2conc2CO)c1. The van der Waals surface area contributed by atoms with E-state index in [1.807, 2.05) is 31.2 Å². The first-order chi connectivity index (χ1) is 6.81. The number of aryl methyl sites for hydroxylation is 1. The fourth-order valence-electron chi connectivity index (χ4n) is 1.42. The first-order valence-corrected chi connectivity index (χ1v) is 4.42. The molecule has 0 atom stereocenters. The van der Waals surface area contributed by atoms with E-state index in [0.717, 1.165) is 11.1 Å². The molecule has 0 unspecified atom stereocenters. The number of aliphatic hydroxyl groups is 1. The van der Waals surface area contributed by atoms with Gasteiger partial charge in [0.25, 0.3) is 0 Å². The molecule has 1 heterocycles. The summed E-state index contributed by atoms with van der Waals surface area (Å²) in [6.45, 7) is 1.93. The Morgan fingerprint density at radius 2 is 2.29 bits per heavy atom. The van der Waals surface area contributed by atoms with Crippen molar-refractivity contribution in [3.05, 3.63) is 41.8 Å². The molecule has 14 heavy (non-hydrogen) atoms. The zero-order valence-electron chi connectivity index (χ0n) is 7.90. The van der Waals surface area contributed by atoms with Crippen LogP contribution in [0.4, 0.5) is 0 Å². The molecule has 0 saturated heterocycles. The fraction of sp³-hybridized carbons (Fsp3) is 0.182. The normalized spacial score (nSPS) is 10.4. The molecule has 0 aliphatic carbocycles. The van der Waals surface area contributed by atoms with Gasteiger partial charge in [0.15, 0.2) is 0 Å². The molecule has 0 aliphatic heterocycles. The van der Waals surface area contributed by atoms with Gasteiger partial charge in [0.1, 0.15) is 12.0 Å². The lowest BCUT2D eigenvalue weighted by molar-refractivity contribution is 0.267. The van der Waals surface area contributed by atoms with Crippen LogP contribution in [0.1, 0.15) is 11.3 Å². The number of rotatable bonds is 2. The average Bonchev–Trinajstić information content (AvgIpc) is 2.65. The van der Waals surface area contributed by atoms with Crippen molar-refractivity contribution in [1.82, 2.24) is 5.16 Å². The summed E-state index contributed by atoms with van der Waals surface area (Å²) in [5.74, 6) is 0. The largest absolute Gasteiger partial charge is 0.390 e. The highest BCUT2D eigenvalue weighted by Crippen LogP contribution is 2.23. The van der Waals surface area contributed by atoms with Crippen LogP contribution >= 0.6 is 0 Å². The van der Waals surface area contributed by atoms with Crippen LogP contribution in [0.3, 0.4) is 0 Å². The molecule has 0 amide bonds. The van der Waals surface area contributed by atoms with Crippen molar-refractivity contribution in [2.24, 2.45) is 0 Å². The van der Waals surface area contributed by atoms with Gasteiger partial charge >= 0.3 is 0 Å². The fourth-order valence-corrected chi connectivity index (χ4v) is 1.42. The van der Waals surface area contributed by atoms with Crippen LogP contribution in [0.2, 0.25) is 0 Å². The summed E-state index contributed by atoms with van der Waals surface area (Å²) in [5.41, 5.74) is 3.63. The quantitative estimate of drug-likeness (QED) is 0.787. The van der Waals surface area contributed by atoms with Crippen molar-refractivity contribution in [3.63, 3.8) is 0 Å². The smallest absolute Gasteiger partial charge is 0.132 e. The summed E-state index contributed by atoms with van der Waals surface area (Å²) in [6, 6.07) is 8.00. The van der Waals surface area contributed by atoms with Gasteiger partial charge in [-0.3, -0.25) is 0 Å². The Morgan fingerprint density at radius 1 is 1.43 bits per heavy atom. The number of aliphatic hydroxyl groups excluding tert-OH is 1. The Morgan fingerprint density at radius 3 is 3.00 bits per heavy atom. The first kappa shape index (κ1) is 8.97. The van der Waals surface area contributed by atoms with E-state index < -0.39 is 0 Å². The number of hydrogen-bond donors (Lipinski definition) is 1. The lowest BCUT2D eigenvalue weighted by atomic mass is 10.0. The van der Waals surface area contributed by atoms with Crippen molar-refractivity contribution in [3.8, 4) is 11.1 Å². The summed E-state index contributed by atoms with van der Waals surface area (Å²) in [4.78, 5) is 0. The maximum Gasteiger partial charge on any atom is 0.132 e. The van der Waals surface area contributed by atoms with Crippen LogP contribution in [0.15, 0.2) is 35.1 Å². The molecule has 2 rings (SSSR count). The molecule has 0 aliphatic rings. The van der Waals surface area contributed by atoms with Gasteiger partial charge in [-0.2, -0.15) is 0 Å². The number of aromatic nitrogens is 1. The molecule has 0 radical (unpaired) electrons. The minimum atomic E-state index is -0.0974. The van der Waals surface area contributed by atoms with E-state index in [1.165, 1.54) is 5.56 Å². The van der Waals surface area contributed by atoms with Crippen LogP contribution in [0, 0.1) is 6.92 Å². The van der Waals surface area contributed by atoms with E-state index in [2.05, 4.69) is 5.16 Å². The highest BCUT2D eigenvalue weighted by Gasteiger charge is 2.08. The van der Waals surface area contributed by atoms with Crippen LogP contribution in [0.5, 0.6) is 0 Å². The van der Waals surface area contributed by atoms with Crippen molar-refractivity contribution in [2.75, 3.05) is 0 Å². The molecule has 2 aromatic rings. The molecule has 72 valence electrons. The minimum Gasteiger partial charge on any atom is -0.390 e. The molecule has 3 nitrogen and oxygen atoms in total. The molecule has 1 aromatic heterocycles. The Hall–Kier alpha value is -1.61. The van der Waals surface area contributed by atoms with Crippen LogP contribution in [-0.2, 0) is 6.61 Å². The van der Waals surface area contributed by atoms with E-state index in [1.54, 1.807) is 6.26 Å². The van der Waals surface area contributed by atoms with E-state index in [0.29, 0.717) is 5.69 Å². The van der Waals surface area contributed by atoms with Gasteiger partial charge < -0.3 is 9.63 Å². The molecular formula is C11H11NO2. The standard InChI is InChI=1S/C11H11NO2/c1-8-3-2-4-9(5-8)10-7-14-12-11(10)6-13/h2-5,7,13H,6H2,1H3. The topological polar surface area (TPSA) is 46.3 Å². The molecule has 0 bridgehead atoms. The summed E-state index contributed by atoms with van der Waals surface area (Å²) < 4.78 is 4.82. The third-order valence-corrected chi connectivity index (χ3v) is 2.12. The lowest BCUT2D eigenvalue weighted by Crippen LogP contribution is -1.86. The summed E-state index contributed by atoms with van der Waals surface area (Å²) in [7, 11) is 0. The molecule has 1 N–H and O–H groups in total. The van der Waals surface area contributed by atoms with Gasteiger partial charge in [-0.15, -0.1) is 0 Å².